The van der Waals surface area contributed by atoms with Crippen LogP contribution in [0.25, 0.3) is 11.4 Å². The molecule has 0 spiro atoms. The van der Waals surface area contributed by atoms with Gasteiger partial charge in [-0.2, -0.15) is 0 Å². The summed E-state index contributed by atoms with van der Waals surface area (Å²) in [5, 5.41) is 0. The molecule has 2 rings (SSSR count). The van der Waals surface area contributed by atoms with Gasteiger partial charge in [0.1, 0.15) is 8.07 Å². The summed E-state index contributed by atoms with van der Waals surface area (Å²) < 4.78 is 0. The first-order chi connectivity index (χ1) is 11.8. The van der Waals surface area contributed by atoms with Crippen molar-refractivity contribution in [2.75, 3.05) is 0 Å². The Bertz CT molecular complexity index is 746. The largest absolute Gasteiger partial charge is 0.237 e. The molecule has 1 heterocycles. The minimum absolute atomic E-state index is 0.626. The summed E-state index contributed by atoms with van der Waals surface area (Å²) in [6.45, 7) is 16.2. The van der Waals surface area contributed by atoms with Gasteiger partial charge in [-0.1, -0.05) is 59.6 Å². The molecule has 0 amide bonds. The molecule has 0 radical (unpaired) electrons. The number of aromatic nitrogens is 2. The Hall–Kier alpha value is -1.92. The van der Waals surface area contributed by atoms with Crippen molar-refractivity contribution in [2.24, 2.45) is 0 Å². The average molecular weight is 351 g/mol. The molecule has 25 heavy (non-hydrogen) atoms. The van der Waals surface area contributed by atoms with Crippen molar-refractivity contribution in [3.63, 3.8) is 0 Å². The molecule has 0 aliphatic carbocycles. The van der Waals surface area contributed by atoms with Crippen LogP contribution in [0.1, 0.15) is 52.7 Å². The van der Waals surface area contributed by atoms with Gasteiger partial charge in [-0.15, -0.1) is 5.54 Å². The van der Waals surface area contributed by atoms with E-state index in [-0.39, 0.29) is 0 Å². The van der Waals surface area contributed by atoms with Crippen LogP contribution in [-0.2, 0) is 0 Å². The van der Waals surface area contributed by atoms with Crippen LogP contribution >= 0.6 is 0 Å². The lowest BCUT2D eigenvalue weighted by atomic mass is 10.0. The summed E-state index contributed by atoms with van der Waals surface area (Å²) in [5.41, 5.74) is 8.98. The van der Waals surface area contributed by atoms with E-state index in [9.17, 15) is 0 Å². The smallest absolute Gasteiger partial charge is 0.160 e. The minimum atomic E-state index is -1.75. The van der Waals surface area contributed by atoms with E-state index in [0.29, 0.717) is 16.6 Å². The molecule has 0 N–H and O–H groups in total. The second-order valence-corrected chi connectivity index (χ2v) is 13.3. The zero-order chi connectivity index (χ0) is 18.6. The standard InChI is InChI=1S/C22H30N2Si/c1-16(2)25(17(3)4,18(5)6)15-12-20-11-8-10-19(7)21(20)22-23-13-9-14-24-22/h8-11,13-14,16-18H,1-7H3. The summed E-state index contributed by atoms with van der Waals surface area (Å²) in [5.74, 6) is 4.33. The van der Waals surface area contributed by atoms with Crippen LogP contribution in [0, 0.1) is 18.4 Å². The Morgan fingerprint density at radius 3 is 1.92 bits per heavy atom. The molecule has 0 bridgehead atoms. The fourth-order valence-electron chi connectivity index (χ4n) is 4.11. The quantitative estimate of drug-likeness (QED) is 0.497. The van der Waals surface area contributed by atoms with Crippen molar-refractivity contribution in [1.82, 2.24) is 9.97 Å². The molecular formula is C22H30N2Si. The normalized spacial score (nSPS) is 11.8. The van der Waals surface area contributed by atoms with Gasteiger partial charge in [-0.3, -0.25) is 0 Å². The van der Waals surface area contributed by atoms with Crippen LogP contribution < -0.4 is 0 Å². The highest BCUT2D eigenvalue weighted by Crippen LogP contribution is 2.41. The van der Waals surface area contributed by atoms with Crippen molar-refractivity contribution >= 4 is 8.07 Å². The predicted octanol–water partition coefficient (Wildman–Crippen LogP) is 6.02. The maximum atomic E-state index is 4.45. The molecule has 0 saturated carbocycles. The van der Waals surface area contributed by atoms with Crippen molar-refractivity contribution < 1.29 is 0 Å². The molecule has 0 aliphatic rings. The lowest BCUT2D eigenvalue weighted by Gasteiger charge is -2.38. The minimum Gasteiger partial charge on any atom is -0.237 e. The van der Waals surface area contributed by atoms with Gasteiger partial charge in [-0.05, 0) is 41.2 Å². The van der Waals surface area contributed by atoms with Gasteiger partial charge in [0, 0.05) is 23.5 Å². The molecule has 0 atom stereocenters. The Morgan fingerprint density at radius 2 is 1.40 bits per heavy atom. The van der Waals surface area contributed by atoms with E-state index in [4.69, 9.17) is 0 Å². The van der Waals surface area contributed by atoms with Crippen LogP contribution in [0.15, 0.2) is 36.7 Å². The van der Waals surface area contributed by atoms with Crippen molar-refractivity contribution in [1.29, 1.82) is 0 Å². The Kier molecular flexibility index (Phi) is 6.19. The van der Waals surface area contributed by atoms with E-state index in [0.717, 1.165) is 17.0 Å². The summed E-state index contributed by atoms with van der Waals surface area (Å²) in [6.07, 6.45) is 3.59. The second kappa shape index (κ2) is 7.97. The van der Waals surface area contributed by atoms with Gasteiger partial charge < -0.3 is 0 Å². The molecule has 0 saturated heterocycles. The van der Waals surface area contributed by atoms with Crippen LogP contribution in [0.5, 0.6) is 0 Å². The zero-order valence-corrected chi connectivity index (χ0v) is 17.6. The van der Waals surface area contributed by atoms with Crippen molar-refractivity contribution in [2.45, 2.75) is 65.1 Å². The second-order valence-electron chi connectivity index (χ2n) is 7.72. The van der Waals surface area contributed by atoms with Gasteiger partial charge in [0.25, 0.3) is 0 Å². The first kappa shape index (κ1) is 19.4. The summed E-state index contributed by atoms with van der Waals surface area (Å²) in [7, 11) is -1.75. The summed E-state index contributed by atoms with van der Waals surface area (Å²) in [6, 6.07) is 8.14. The third-order valence-electron chi connectivity index (χ3n) is 5.34. The molecule has 2 nitrogen and oxygen atoms in total. The fraction of sp³-hybridized carbons (Fsp3) is 0.455. The maximum absolute atomic E-state index is 4.45. The van der Waals surface area contributed by atoms with E-state index >= 15 is 0 Å². The highest BCUT2D eigenvalue weighted by Gasteiger charge is 2.41. The van der Waals surface area contributed by atoms with Crippen LogP contribution in [0.3, 0.4) is 0 Å². The summed E-state index contributed by atoms with van der Waals surface area (Å²) in [4.78, 5) is 8.91. The molecule has 0 aliphatic heterocycles. The van der Waals surface area contributed by atoms with Crippen LogP contribution in [-0.4, -0.2) is 18.0 Å². The highest BCUT2D eigenvalue weighted by atomic mass is 28.3. The lowest BCUT2D eigenvalue weighted by molar-refractivity contribution is 0.838. The van der Waals surface area contributed by atoms with Gasteiger partial charge in [0.2, 0.25) is 0 Å². The summed E-state index contributed by atoms with van der Waals surface area (Å²) >= 11 is 0. The molecule has 132 valence electrons. The van der Waals surface area contributed by atoms with E-state index < -0.39 is 8.07 Å². The highest BCUT2D eigenvalue weighted by molar-refractivity contribution is 6.90. The fourth-order valence-corrected chi connectivity index (χ4v) is 9.32. The predicted molar refractivity (Wildman–Crippen MR) is 110 cm³/mol. The molecule has 3 heteroatoms. The van der Waals surface area contributed by atoms with Gasteiger partial charge in [0.15, 0.2) is 5.82 Å². The maximum Gasteiger partial charge on any atom is 0.160 e. The van der Waals surface area contributed by atoms with Crippen LogP contribution in [0.2, 0.25) is 16.6 Å². The molecular weight excluding hydrogens is 320 g/mol. The monoisotopic (exact) mass is 350 g/mol. The van der Waals surface area contributed by atoms with E-state index in [1.807, 2.05) is 6.07 Å². The number of nitrogens with zero attached hydrogens (tertiary/aromatic N) is 2. The topological polar surface area (TPSA) is 25.8 Å². The Morgan fingerprint density at radius 1 is 0.840 bits per heavy atom. The number of aryl methyl sites for hydroxylation is 1. The molecule has 1 aromatic heterocycles. The molecule has 0 unspecified atom stereocenters. The third-order valence-corrected chi connectivity index (χ3v) is 11.6. The van der Waals surface area contributed by atoms with E-state index in [1.54, 1.807) is 12.4 Å². The van der Waals surface area contributed by atoms with Crippen LogP contribution in [0.4, 0.5) is 0 Å². The lowest BCUT2D eigenvalue weighted by Crippen LogP contribution is -2.43. The SMILES string of the molecule is Cc1cccc(C#C[Si](C(C)C)(C(C)C)C(C)C)c1-c1ncccn1. The van der Waals surface area contributed by atoms with Crippen molar-refractivity contribution in [3.8, 4) is 22.9 Å². The molecule has 1 aromatic carbocycles. The number of hydrogen-bond donors (Lipinski definition) is 0. The average Bonchev–Trinajstić information content (AvgIpc) is 2.55. The number of benzene rings is 1. The van der Waals surface area contributed by atoms with E-state index in [2.05, 4.69) is 88.1 Å². The number of rotatable bonds is 4. The Labute approximate surface area is 154 Å². The van der Waals surface area contributed by atoms with Gasteiger partial charge in [0.05, 0.1) is 0 Å². The number of hydrogen-bond acceptors (Lipinski definition) is 2. The van der Waals surface area contributed by atoms with Gasteiger partial charge >= 0.3 is 0 Å². The first-order valence-electron chi connectivity index (χ1n) is 9.20. The van der Waals surface area contributed by atoms with E-state index in [1.165, 1.54) is 5.56 Å². The van der Waals surface area contributed by atoms with Crippen molar-refractivity contribution in [3.05, 3.63) is 47.8 Å². The molecule has 2 aromatic rings. The first-order valence-corrected chi connectivity index (χ1v) is 11.4. The zero-order valence-electron chi connectivity index (χ0n) is 16.6. The third kappa shape index (κ3) is 3.85. The Balaban J connectivity index is 2.63. The molecule has 0 fully saturated rings. The van der Waals surface area contributed by atoms with Gasteiger partial charge in [-0.25, -0.2) is 9.97 Å².